The Morgan fingerprint density at radius 1 is 1.07 bits per heavy atom. The number of hydrogen-bond donors (Lipinski definition) is 1. The third-order valence-electron chi connectivity index (χ3n) is 5.42. The van der Waals surface area contributed by atoms with Crippen LogP contribution in [0.4, 0.5) is 5.69 Å². The molecule has 0 saturated carbocycles. The molecule has 0 amide bonds. The number of hydrogen-bond acceptors (Lipinski definition) is 4. The van der Waals surface area contributed by atoms with Crippen molar-refractivity contribution in [1.82, 2.24) is 15.1 Å². The fourth-order valence-electron chi connectivity index (χ4n) is 3.88. The Morgan fingerprint density at radius 3 is 2.45 bits per heavy atom. The Balaban J connectivity index is 1.66. The molecule has 1 saturated heterocycles. The first-order chi connectivity index (χ1) is 14.1. The third-order valence-corrected chi connectivity index (χ3v) is 5.74. The second kappa shape index (κ2) is 8.99. The summed E-state index contributed by atoms with van der Waals surface area (Å²) in [7, 11) is 4.23. The normalized spacial score (nSPS) is 15.7. The molecule has 1 fully saturated rings. The Hall–Kier alpha value is -2.34. The van der Waals surface area contributed by atoms with Gasteiger partial charge in [-0.1, -0.05) is 41.9 Å². The molecule has 4 rings (SSSR count). The molecule has 1 aromatic heterocycles. The van der Waals surface area contributed by atoms with Gasteiger partial charge in [0.25, 0.3) is 0 Å². The van der Waals surface area contributed by atoms with Crippen molar-refractivity contribution in [2.24, 2.45) is 0 Å². The molecule has 0 radical (unpaired) electrons. The number of aromatic amines is 1. The summed E-state index contributed by atoms with van der Waals surface area (Å²) in [6, 6.07) is 15.2. The maximum absolute atomic E-state index is 6.56. The SMILES string of the molecule is CN(C)CC(c1ccc(-c2cn[nH]c2)cc1)c1ccc(Cl)c(N2CCOCC2)c1. The number of likely N-dealkylation sites (N-methyl/N-ethyl adjacent to an activating group) is 1. The molecule has 0 spiro atoms. The van der Waals surface area contributed by atoms with Gasteiger partial charge in [-0.15, -0.1) is 0 Å². The van der Waals surface area contributed by atoms with Crippen LogP contribution in [0.15, 0.2) is 54.9 Å². The van der Waals surface area contributed by atoms with Crippen molar-refractivity contribution >= 4 is 17.3 Å². The van der Waals surface area contributed by atoms with Gasteiger partial charge in [-0.25, -0.2) is 0 Å². The van der Waals surface area contributed by atoms with Crippen molar-refractivity contribution < 1.29 is 4.74 Å². The monoisotopic (exact) mass is 410 g/mol. The average Bonchev–Trinajstić information content (AvgIpc) is 3.28. The predicted molar refractivity (Wildman–Crippen MR) is 119 cm³/mol. The van der Waals surface area contributed by atoms with E-state index in [1.165, 1.54) is 11.1 Å². The fourth-order valence-corrected chi connectivity index (χ4v) is 4.12. The van der Waals surface area contributed by atoms with Crippen LogP contribution in [0.3, 0.4) is 0 Å². The highest BCUT2D eigenvalue weighted by atomic mass is 35.5. The van der Waals surface area contributed by atoms with Gasteiger partial charge in [0.1, 0.15) is 0 Å². The summed E-state index contributed by atoms with van der Waals surface area (Å²) in [6.07, 6.45) is 3.76. The van der Waals surface area contributed by atoms with Gasteiger partial charge in [-0.05, 0) is 42.9 Å². The van der Waals surface area contributed by atoms with Crippen molar-refractivity contribution in [2.75, 3.05) is 51.8 Å². The summed E-state index contributed by atoms with van der Waals surface area (Å²) >= 11 is 6.56. The van der Waals surface area contributed by atoms with Crippen LogP contribution in [0, 0.1) is 0 Å². The standard InChI is InChI=1S/C23H27ClN4O/c1-27(2)16-21(18-5-3-17(4-6-18)20-14-25-26-15-20)19-7-8-22(24)23(13-19)28-9-11-29-12-10-28/h3-8,13-15,21H,9-12,16H2,1-2H3,(H,25,26). The van der Waals surface area contributed by atoms with Crippen molar-refractivity contribution in [2.45, 2.75) is 5.92 Å². The third kappa shape index (κ3) is 4.64. The van der Waals surface area contributed by atoms with Crippen molar-refractivity contribution in [1.29, 1.82) is 0 Å². The predicted octanol–water partition coefficient (Wildman–Crippen LogP) is 4.26. The molecular weight excluding hydrogens is 384 g/mol. The number of benzene rings is 2. The smallest absolute Gasteiger partial charge is 0.0642 e. The molecule has 1 aliphatic rings. The van der Waals surface area contributed by atoms with E-state index in [9.17, 15) is 0 Å². The Bertz CT molecular complexity index is 919. The number of rotatable bonds is 6. The van der Waals surface area contributed by atoms with Gasteiger partial charge < -0.3 is 14.5 Å². The molecular formula is C23H27ClN4O. The van der Waals surface area contributed by atoms with E-state index in [4.69, 9.17) is 16.3 Å². The fraction of sp³-hybridized carbons (Fsp3) is 0.348. The second-order valence-electron chi connectivity index (χ2n) is 7.73. The number of ether oxygens (including phenoxy) is 1. The minimum atomic E-state index is 0.264. The van der Waals surface area contributed by atoms with Crippen LogP contribution < -0.4 is 4.90 Å². The van der Waals surface area contributed by atoms with E-state index in [1.807, 2.05) is 18.5 Å². The quantitative estimate of drug-likeness (QED) is 0.659. The highest BCUT2D eigenvalue weighted by molar-refractivity contribution is 6.33. The molecule has 1 aliphatic heterocycles. The molecule has 1 unspecified atom stereocenters. The minimum absolute atomic E-state index is 0.264. The van der Waals surface area contributed by atoms with Crippen LogP contribution in [-0.4, -0.2) is 62.0 Å². The number of nitrogens with zero attached hydrogens (tertiary/aromatic N) is 3. The van der Waals surface area contributed by atoms with E-state index in [0.29, 0.717) is 0 Å². The number of halogens is 1. The topological polar surface area (TPSA) is 44.4 Å². The van der Waals surface area contributed by atoms with Crippen LogP contribution in [0.5, 0.6) is 0 Å². The Morgan fingerprint density at radius 2 is 1.79 bits per heavy atom. The first-order valence-corrected chi connectivity index (χ1v) is 10.4. The van der Waals surface area contributed by atoms with E-state index in [1.54, 1.807) is 0 Å². The molecule has 152 valence electrons. The maximum atomic E-state index is 6.56. The first-order valence-electron chi connectivity index (χ1n) is 9.98. The van der Waals surface area contributed by atoms with Gasteiger partial charge in [-0.2, -0.15) is 5.10 Å². The molecule has 0 aliphatic carbocycles. The summed E-state index contributed by atoms with van der Waals surface area (Å²) < 4.78 is 5.50. The molecule has 29 heavy (non-hydrogen) atoms. The number of anilines is 1. The lowest BCUT2D eigenvalue weighted by molar-refractivity contribution is 0.122. The highest BCUT2D eigenvalue weighted by Gasteiger charge is 2.20. The number of morpholine rings is 1. The number of H-pyrrole nitrogens is 1. The van der Waals surface area contributed by atoms with E-state index >= 15 is 0 Å². The summed E-state index contributed by atoms with van der Waals surface area (Å²) in [6.45, 7) is 4.17. The maximum Gasteiger partial charge on any atom is 0.0642 e. The lowest BCUT2D eigenvalue weighted by Gasteiger charge is -2.31. The van der Waals surface area contributed by atoms with Crippen molar-refractivity contribution in [3.63, 3.8) is 0 Å². The molecule has 5 nitrogen and oxygen atoms in total. The van der Waals surface area contributed by atoms with Crippen LogP contribution in [0.1, 0.15) is 17.0 Å². The van der Waals surface area contributed by atoms with E-state index < -0.39 is 0 Å². The van der Waals surface area contributed by atoms with Gasteiger partial charge in [0.15, 0.2) is 0 Å². The van der Waals surface area contributed by atoms with Gasteiger partial charge in [-0.3, -0.25) is 5.10 Å². The zero-order valence-electron chi connectivity index (χ0n) is 16.9. The molecule has 1 atom stereocenters. The van der Waals surface area contributed by atoms with Crippen LogP contribution >= 0.6 is 11.6 Å². The number of nitrogens with one attached hydrogen (secondary N) is 1. The second-order valence-corrected chi connectivity index (χ2v) is 8.14. The van der Waals surface area contributed by atoms with E-state index in [2.05, 4.69) is 70.5 Å². The summed E-state index contributed by atoms with van der Waals surface area (Å²) in [5, 5.41) is 7.73. The van der Waals surface area contributed by atoms with E-state index in [0.717, 1.165) is 54.7 Å². The van der Waals surface area contributed by atoms with Crippen LogP contribution in [0.25, 0.3) is 11.1 Å². The lowest BCUT2D eigenvalue weighted by atomic mass is 9.89. The lowest BCUT2D eigenvalue weighted by Crippen LogP contribution is -2.36. The minimum Gasteiger partial charge on any atom is -0.378 e. The summed E-state index contributed by atoms with van der Waals surface area (Å²) in [5.41, 5.74) is 5.94. The average molecular weight is 411 g/mol. The van der Waals surface area contributed by atoms with Gasteiger partial charge >= 0.3 is 0 Å². The molecule has 2 heterocycles. The largest absolute Gasteiger partial charge is 0.378 e. The molecule has 2 aromatic carbocycles. The summed E-state index contributed by atoms with van der Waals surface area (Å²) in [5.74, 6) is 0.264. The molecule has 0 bridgehead atoms. The van der Waals surface area contributed by atoms with Crippen molar-refractivity contribution in [3.05, 3.63) is 71.0 Å². The highest BCUT2D eigenvalue weighted by Crippen LogP contribution is 2.34. The molecule has 3 aromatic rings. The summed E-state index contributed by atoms with van der Waals surface area (Å²) in [4.78, 5) is 4.56. The zero-order valence-corrected chi connectivity index (χ0v) is 17.7. The molecule has 6 heteroatoms. The number of aromatic nitrogens is 2. The van der Waals surface area contributed by atoms with Gasteiger partial charge in [0.2, 0.25) is 0 Å². The van der Waals surface area contributed by atoms with E-state index in [-0.39, 0.29) is 5.92 Å². The zero-order chi connectivity index (χ0) is 20.2. The first kappa shape index (κ1) is 20.0. The Kier molecular flexibility index (Phi) is 6.19. The molecule has 1 N–H and O–H groups in total. The Labute approximate surface area is 177 Å². The van der Waals surface area contributed by atoms with Gasteiger partial charge in [0.05, 0.1) is 30.1 Å². The van der Waals surface area contributed by atoms with Crippen LogP contribution in [-0.2, 0) is 4.74 Å². The van der Waals surface area contributed by atoms with Crippen molar-refractivity contribution in [3.8, 4) is 11.1 Å². The van der Waals surface area contributed by atoms with Gasteiger partial charge in [0, 0.05) is 37.3 Å². The van der Waals surface area contributed by atoms with Crippen LogP contribution in [0.2, 0.25) is 5.02 Å².